The summed E-state index contributed by atoms with van der Waals surface area (Å²) in [6.07, 6.45) is 0. The van der Waals surface area contributed by atoms with Gasteiger partial charge in [-0.2, -0.15) is 4.73 Å². The van der Waals surface area contributed by atoms with Gasteiger partial charge in [-0.3, -0.25) is 14.9 Å². The molecule has 1 aromatic heterocycles. The fourth-order valence-electron chi connectivity index (χ4n) is 1.63. The van der Waals surface area contributed by atoms with E-state index in [1.807, 2.05) is 0 Å². The van der Waals surface area contributed by atoms with Crippen LogP contribution in [0.3, 0.4) is 0 Å². The van der Waals surface area contributed by atoms with Gasteiger partial charge in [0.05, 0.1) is 4.92 Å². The van der Waals surface area contributed by atoms with Gasteiger partial charge in [0.2, 0.25) is 0 Å². The topological polar surface area (TPSA) is 99.2 Å². The average molecular weight is 273 g/mol. The Morgan fingerprint density at radius 3 is 2.45 bits per heavy atom. The molecule has 0 fully saturated rings. The number of pyridine rings is 1. The minimum Gasteiger partial charge on any atom is -0.618 e. The predicted octanol–water partition coefficient (Wildman–Crippen LogP) is 1.79. The number of non-ortho nitro benzene ring substituents is 1. The lowest BCUT2D eigenvalue weighted by atomic mass is 10.2. The Balaban J connectivity index is 2.19. The van der Waals surface area contributed by atoms with Crippen LogP contribution < -0.4 is 10.0 Å². The highest BCUT2D eigenvalue weighted by Gasteiger charge is 2.17. The van der Waals surface area contributed by atoms with Gasteiger partial charge in [0, 0.05) is 36.9 Å². The number of nitro benzene ring substituents is 1. The smallest absolute Gasteiger partial charge is 0.321 e. The van der Waals surface area contributed by atoms with Crippen molar-refractivity contribution >= 4 is 17.3 Å². The number of aryl methyl sites for hydroxylation is 1. The van der Waals surface area contributed by atoms with Gasteiger partial charge >= 0.3 is 5.91 Å². The minimum atomic E-state index is -0.572. The van der Waals surface area contributed by atoms with E-state index in [0.717, 1.165) is 0 Å². The van der Waals surface area contributed by atoms with Crippen LogP contribution in [-0.4, -0.2) is 10.8 Å². The van der Waals surface area contributed by atoms with Crippen molar-refractivity contribution < 1.29 is 14.4 Å². The van der Waals surface area contributed by atoms with Gasteiger partial charge in [0.1, 0.15) is 0 Å². The third kappa shape index (κ3) is 2.72. The number of nitrogens with one attached hydrogen (secondary N) is 1. The van der Waals surface area contributed by atoms with E-state index in [1.54, 1.807) is 19.1 Å². The number of amides is 1. The van der Waals surface area contributed by atoms with Crippen LogP contribution >= 0.6 is 0 Å². The molecule has 1 amide bonds. The molecule has 0 atom stereocenters. The van der Waals surface area contributed by atoms with E-state index in [-0.39, 0.29) is 11.4 Å². The largest absolute Gasteiger partial charge is 0.618 e. The normalized spacial score (nSPS) is 10.1. The molecule has 0 aliphatic carbocycles. The monoisotopic (exact) mass is 273 g/mol. The fraction of sp³-hybridized carbons (Fsp3) is 0.0769. The highest BCUT2D eigenvalue weighted by molar-refractivity contribution is 6.01. The minimum absolute atomic E-state index is 0.0386. The number of aromatic nitrogens is 1. The van der Waals surface area contributed by atoms with Crippen LogP contribution in [-0.2, 0) is 0 Å². The number of nitro groups is 1. The van der Waals surface area contributed by atoms with Gasteiger partial charge in [-0.05, 0) is 18.2 Å². The number of benzene rings is 1. The maximum Gasteiger partial charge on any atom is 0.321 e. The lowest BCUT2D eigenvalue weighted by Crippen LogP contribution is -2.39. The number of nitrogens with zero attached hydrogens (tertiary/aromatic N) is 2. The first-order chi connectivity index (χ1) is 9.49. The summed E-state index contributed by atoms with van der Waals surface area (Å²) in [4.78, 5) is 21.9. The summed E-state index contributed by atoms with van der Waals surface area (Å²) in [5.74, 6) is -0.572. The lowest BCUT2D eigenvalue weighted by Gasteiger charge is -2.07. The molecule has 0 bridgehead atoms. The zero-order chi connectivity index (χ0) is 14.7. The van der Waals surface area contributed by atoms with Crippen LogP contribution in [0.4, 0.5) is 11.4 Å². The van der Waals surface area contributed by atoms with Crippen molar-refractivity contribution in [3.8, 4) is 0 Å². The second kappa shape index (κ2) is 5.35. The summed E-state index contributed by atoms with van der Waals surface area (Å²) in [6, 6.07) is 9.96. The molecular weight excluding hydrogens is 262 g/mol. The zero-order valence-electron chi connectivity index (χ0n) is 10.6. The molecule has 2 aromatic rings. The second-order valence-electron chi connectivity index (χ2n) is 4.10. The Morgan fingerprint density at radius 1 is 1.20 bits per heavy atom. The maximum atomic E-state index is 11.9. The molecule has 0 spiro atoms. The molecule has 0 aliphatic heterocycles. The van der Waals surface area contributed by atoms with E-state index in [9.17, 15) is 20.1 Å². The predicted molar refractivity (Wildman–Crippen MR) is 71.2 cm³/mol. The van der Waals surface area contributed by atoms with E-state index < -0.39 is 10.8 Å². The molecule has 2 rings (SSSR count). The summed E-state index contributed by atoms with van der Waals surface area (Å²) < 4.78 is 0.528. The van der Waals surface area contributed by atoms with Gasteiger partial charge in [-0.1, -0.05) is 0 Å². The Labute approximate surface area is 114 Å². The van der Waals surface area contributed by atoms with Crippen LogP contribution in [0.1, 0.15) is 16.2 Å². The van der Waals surface area contributed by atoms with Gasteiger partial charge in [-0.25, -0.2) is 0 Å². The number of rotatable bonds is 3. The molecule has 0 unspecified atom stereocenters. The third-order valence-corrected chi connectivity index (χ3v) is 2.70. The first kappa shape index (κ1) is 13.5. The average Bonchev–Trinajstić information content (AvgIpc) is 2.42. The molecule has 0 radical (unpaired) electrons. The Bertz CT molecular complexity index is 668. The summed E-state index contributed by atoms with van der Waals surface area (Å²) in [5.41, 5.74) is 0.671. The molecule has 0 saturated heterocycles. The molecule has 1 N–H and O–H groups in total. The molecular formula is C13H11N3O4. The van der Waals surface area contributed by atoms with Crippen molar-refractivity contribution in [3.05, 3.63) is 69.2 Å². The Hall–Kier alpha value is -2.96. The van der Waals surface area contributed by atoms with Crippen LogP contribution in [0.2, 0.25) is 0 Å². The summed E-state index contributed by atoms with van der Waals surface area (Å²) in [5, 5.41) is 24.7. The molecule has 7 heteroatoms. The van der Waals surface area contributed by atoms with Gasteiger partial charge in [0.15, 0.2) is 5.69 Å². The summed E-state index contributed by atoms with van der Waals surface area (Å²) >= 11 is 0. The van der Waals surface area contributed by atoms with E-state index in [2.05, 4.69) is 5.32 Å². The van der Waals surface area contributed by atoms with Gasteiger partial charge in [-0.15, -0.1) is 0 Å². The van der Waals surface area contributed by atoms with Crippen molar-refractivity contribution in [2.45, 2.75) is 6.92 Å². The van der Waals surface area contributed by atoms with Crippen molar-refractivity contribution in [1.82, 2.24) is 0 Å². The molecule has 0 aliphatic rings. The molecule has 0 saturated carbocycles. The van der Waals surface area contributed by atoms with Gasteiger partial charge < -0.3 is 10.5 Å². The maximum absolute atomic E-state index is 11.9. The number of hydrogen-bond donors (Lipinski definition) is 1. The van der Waals surface area contributed by atoms with Crippen molar-refractivity contribution in [1.29, 1.82) is 0 Å². The van der Waals surface area contributed by atoms with Crippen LogP contribution in [0.25, 0.3) is 0 Å². The zero-order valence-corrected chi connectivity index (χ0v) is 10.6. The molecule has 7 nitrogen and oxygen atoms in total. The molecule has 1 aromatic carbocycles. The standard InChI is InChI=1S/C13H11N3O4/c1-9-3-2-4-12(15(9)18)13(17)14-10-5-7-11(8-6-10)16(19)20/h2-8H,1H3,(H,14,17). The SMILES string of the molecule is Cc1cccc(C(=O)Nc2ccc([N+](=O)[O-])cc2)[n+]1[O-]. The highest BCUT2D eigenvalue weighted by atomic mass is 16.6. The van der Waals surface area contributed by atoms with E-state index >= 15 is 0 Å². The van der Waals surface area contributed by atoms with E-state index in [0.29, 0.717) is 16.1 Å². The van der Waals surface area contributed by atoms with Crippen LogP contribution in [0, 0.1) is 22.2 Å². The first-order valence-electron chi connectivity index (χ1n) is 5.74. The number of anilines is 1. The van der Waals surface area contributed by atoms with E-state index in [4.69, 9.17) is 0 Å². The van der Waals surface area contributed by atoms with Crippen molar-refractivity contribution in [3.63, 3.8) is 0 Å². The lowest BCUT2D eigenvalue weighted by molar-refractivity contribution is -0.614. The number of carbonyl (C=O) groups excluding carboxylic acids is 1. The Morgan fingerprint density at radius 2 is 1.85 bits per heavy atom. The quantitative estimate of drug-likeness (QED) is 0.399. The van der Waals surface area contributed by atoms with Gasteiger partial charge in [0.25, 0.3) is 11.4 Å². The fourth-order valence-corrected chi connectivity index (χ4v) is 1.63. The third-order valence-electron chi connectivity index (χ3n) is 2.70. The Kier molecular flexibility index (Phi) is 3.60. The molecule has 102 valence electrons. The van der Waals surface area contributed by atoms with Crippen molar-refractivity contribution in [2.24, 2.45) is 0 Å². The van der Waals surface area contributed by atoms with Crippen LogP contribution in [0.15, 0.2) is 42.5 Å². The van der Waals surface area contributed by atoms with E-state index in [1.165, 1.54) is 30.3 Å². The first-order valence-corrected chi connectivity index (χ1v) is 5.74. The number of carbonyl (C=O) groups is 1. The highest BCUT2D eigenvalue weighted by Crippen LogP contribution is 2.15. The summed E-state index contributed by atoms with van der Waals surface area (Å²) in [7, 11) is 0. The van der Waals surface area contributed by atoms with Crippen LogP contribution in [0.5, 0.6) is 0 Å². The van der Waals surface area contributed by atoms with Crippen molar-refractivity contribution in [2.75, 3.05) is 5.32 Å². The molecule has 1 heterocycles. The molecule has 20 heavy (non-hydrogen) atoms. The summed E-state index contributed by atoms with van der Waals surface area (Å²) in [6.45, 7) is 1.59. The number of hydrogen-bond acceptors (Lipinski definition) is 4. The second-order valence-corrected chi connectivity index (χ2v) is 4.10.